The Bertz CT molecular complexity index is 589. The van der Waals surface area contributed by atoms with Crippen LogP contribution in [0, 0.1) is 0 Å². The molecule has 2 aromatic rings. The van der Waals surface area contributed by atoms with Gasteiger partial charge in [-0.15, -0.1) is 0 Å². The van der Waals surface area contributed by atoms with E-state index in [2.05, 4.69) is 0 Å². The van der Waals surface area contributed by atoms with Gasteiger partial charge in [-0.3, -0.25) is 0 Å². The third-order valence-corrected chi connectivity index (χ3v) is 2.73. The zero-order chi connectivity index (χ0) is 13.0. The van der Waals surface area contributed by atoms with Gasteiger partial charge in [0.15, 0.2) is 0 Å². The number of rotatable bonds is 3. The molecule has 0 unspecified atom stereocenters. The molecule has 0 amide bonds. The quantitative estimate of drug-likeness (QED) is 0.838. The number of carboxylic acid groups (broad SMARTS) is 1. The van der Waals surface area contributed by atoms with Crippen LogP contribution in [0.25, 0.3) is 12.2 Å². The van der Waals surface area contributed by atoms with Crippen LogP contribution in [-0.4, -0.2) is 11.1 Å². The Balaban J connectivity index is 2.36. The lowest BCUT2D eigenvalue weighted by Gasteiger charge is -2.01. The second kappa shape index (κ2) is 5.52. The van der Waals surface area contributed by atoms with Gasteiger partial charge in [0.25, 0.3) is 0 Å². The summed E-state index contributed by atoms with van der Waals surface area (Å²) in [5, 5.41) is 9.60. The summed E-state index contributed by atoms with van der Waals surface area (Å²) < 4.78 is 0. The molecule has 0 heterocycles. The molecule has 1 N–H and O–H groups in total. The molecular formula is C15H11ClO2. The molecule has 0 atom stereocenters. The highest BCUT2D eigenvalue weighted by Crippen LogP contribution is 2.18. The van der Waals surface area contributed by atoms with Crippen molar-refractivity contribution in [3.63, 3.8) is 0 Å². The summed E-state index contributed by atoms with van der Waals surface area (Å²) in [6, 6.07) is 14.4. The van der Waals surface area contributed by atoms with E-state index in [1.165, 1.54) is 6.07 Å². The minimum Gasteiger partial charge on any atom is -0.478 e. The van der Waals surface area contributed by atoms with Gasteiger partial charge in [-0.1, -0.05) is 54.1 Å². The minimum absolute atomic E-state index is 0.242. The van der Waals surface area contributed by atoms with Crippen molar-refractivity contribution < 1.29 is 9.90 Å². The van der Waals surface area contributed by atoms with Crippen LogP contribution in [0.1, 0.15) is 21.5 Å². The topological polar surface area (TPSA) is 37.3 Å². The van der Waals surface area contributed by atoms with Crippen LogP contribution in [0.15, 0.2) is 48.5 Å². The summed E-state index contributed by atoms with van der Waals surface area (Å²) in [6.45, 7) is 0. The van der Waals surface area contributed by atoms with Gasteiger partial charge < -0.3 is 5.11 Å². The predicted molar refractivity (Wildman–Crippen MR) is 73.8 cm³/mol. The monoisotopic (exact) mass is 258 g/mol. The first-order valence-corrected chi connectivity index (χ1v) is 5.80. The Labute approximate surface area is 110 Å². The Morgan fingerprint density at radius 1 is 1.06 bits per heavy atom. The third-order valence-electron chi connectivity index (χ3n) is 2.50. The molecule has 0 saturated heterocycles. The van der Waals surface area contributed by atoms with Crippen molar-refractivity contribution in [2.75, 3.05) is 0 Å². The van der Waals surface area contributed by atoms with Crippen molar-refractivity contribution in [3.8, 4) is 0 Å². The largest absolute Gasteiger partial charge is 0.478 e. The van der Waals surface area contributed by atoms with Crippen LogP contribution >= 0.6 is 11.6 Å². The van der Waals surface area contributed by atoms with Crippen molar-refractivity contribution in [1.29, 1.82) is 0 Å². The lowest BCUT2D eigenvalue weighted by Crippen LogP contribution is -1.98. The zero-order valence-corrected chi connectivity index (χ0v) is 10.3. The second-order valence-electron chi connectivity index (χ2n) is 3.78. The average molecular weight is 259 g/mol. The number of hydrogen-bond acceptors (Lipinski definition) is 1. The number of benzene rings is 2. The summed E-state index contributed by atoms with van der Waals surface area (Å²) in [5.74, 6) is -0.959. The number of carbonyl (C=O) groups is 1. The second-order valence-corrected chi connectivity index (χ2v) is 4.22. The molecule has 0 bridgehead atoms. The first-order valence-electron chi connectivity index (χ1n) is 5.43. The molecule has 0 fully saturated rings. The van der Waals surface area contributed by atoms with Gasteiger partial charge >= 0.3 is 5.97 Å². The van der Waals surface area contributed by atoms with Crippen molar-refractivity contribution >= 4 is 29.7 Å². The van der Waals surface area contributed by atoms with E-state index in [-0.39, 0.29) is 5.56 Å². The molecule has 0 aliphatic carbocycles. The Hall–Kier alpha value is -2.06. The van der Waals surface area contributed by atoms with Gasteiger partial charge in [-0.05, 0) is 29.3 Å². The molecular weight excluding hydrogens is 248 g/mol. The van der Waals surface area contributed by atoms with Crippen molar-refractivity contribution in [1.82, 2.24) is 0 Å². The van der Waals surface area contributed by atoms with E-state index < -0.39 is 5.97 Å². The molecule has 90 valence electrons. The van der Waals surface area contributed by atoms with Gasteiger partial charge in [0.1, 0.15) is 0 Å². The van der Waals surface area contributed by atoms with Crippen LogP contribution in [0.2, 0.25) is 5.02 Å². The van der Waals surface area contributed by atoms with Gasteiger partial charge in [0, 0.05) is 5.02 Å². The highest BCUT2D eigenvalue weighted by Gasteiger charge is 2.07. The molecule has 0 saturated carbocycles. The lowest BCUT2D eigenvalue weighted by molar-refractivity contribution is 0.0696. The molecule has 2 rings (SSSR count). The minimum atomic E-state index is -0.959. The van der Waals surface area contributed by atoms with Gasteiger partial charge in [0.05, 0.1) is 5.56 Å². The first kappa shape index (κ1) is 12.4. The molecule has 3 heteroatoms. The number of aromatic carboxylic acids is 1. The van der Waals surface area contributed by atoms with Crippen LogP contribution in [0.5, 0.6) is 0 Å². The molecule has 0 spiro atoms. The number of hydrogen-bond donors (Lipinski definition) is 1. The molecule has 0 aliphatic heterocycles. The SMILES string of the molecule is O=C(O)c1ccc(Cl)cc1/C=C/c1ccccc1. The maximum absolute atomic E-state index is 11.1. The van der Waals surface area contributed by atoms with Crippen LogP contribution in [0.3, 0.4) is 0 Å². The fourth-order valence-electron chi connectivity index (χ4n) is 1.62. The third kappa shape index (κ3) is 2.99. The van der Waals surface area contributed by atoms with E-state index in [1.807, 2.05) is 36.4 Å². The van der Waals surface area contributed by atoms with Crippen LogP contribution in [-0.2, 0) is 0 Å². The fraction of sp³-hybridized carbons (Fsp3) is 0. The van der Waals surface area contributed by atoms with E-state index in [0.29, 0.717) is 10.6 Å². The molecule has 0 radical (unpaired) electrons. The Morgan fingerprint density at radius 3 is 2.44 bits per heavy atom. The smallest absolute Gasteiger partial charge is 0.336 e. The highest BCUT2D eigenvalue weighted by molar-refractivity contribution is 6.30. The van der Waals surface area contributed by atoms with Gasteiger partial charge in [-0.25, -0.2) is 4.79 Å². The molecule has 2 nitrogen and oxygen atoms in total. The van der Waals surface area contributed by atoms with E-state index in [9.17, 15) is 4.79 Å². The summed E-state index contributed by atoms with van der Waals surface area (Å²) in [6.07, 6.45) is 3.61. The summed E-state index contributed by atoms with van der Waals surface area (Å²) >= 11 is 5.88. The van der Waals surface area contributed by atoms with Gasteiger partial charge in [-0.2, -0.15) is 0 Å². The number of halogens is 1. The van der Waals surface area contributed by atoms with Crippen LogP contribution in [0.4, 0.5) is 0 Å². The summed E-state index contributed by atoms with van der Waals surface area (Å²) in [5.41, 5.74) is 1.85. The average Bonchev–Trinajstić information content (AvgIpc) is 2.37. The maximum atomic E-state index is 11.1. The summed E-state index contributed by atoms with van der Waals surface area (Å²) in [4.78, 5) is 11.1. The van der Waals surface area contributed by atoms with E-state index in [1.54, 1.807) is 18.2 Å². The van der Waals surface area contributed by atoms with Gasteiger partial charge in [0.2, 0.25) is 0 Å². The molecule has 0 aliphatic rings. The number of carboxylic acids is 1. The summed E-state index contributed by atoms with van der Waals surface area (Å²) in [7, 11) is 0. The maximum Gasteiger partial charge on any atom is 0.336 e. The van der Waals surface area contributed by atoms with Crippen molar-refractivity contribution in [2.24, 2.45) is 0 Å². The Kier molecular flexibility index (Phi) is 3.80. The fourth-order valence-corrected chi connectivity index (χ4v) is 1.80. The first-order chi connectivity index (χ1) is 8.66. The van der Waals surface area contributed by atoms with E-state index >= 15 is 0 Å². The van der Waals surface area contributed by atoms with E-state index in [4.69, 9.17) is 16.7 Å². The molecule has 0 aromatic heterocycles. The predicted octanol–water partition coefficient (Wildman–Crippen LogP) is 4.21. The molecule has 2 aromatic carbocycles. The molecule has 18 heavy (non-hydrogen) atoms. The highest BCUT2D eigenvalue weighted by atomic mass is 35.5. The standard InChI is InChI=1S/C15H11ClO2/c16-13-8-9-14(15(17)18)12(10-13)7-6-11-4-2-1-3-5-11/h1-10H,(H,17,18)/b7-6+. The van der Waals surface area contributed by atoms with E-state index in [0.717, 1.165) is 5.56 Å². The van der Waals surface area contributed by atoms with Crippen molar-refractivity contribution in [2.45, 2.75) is 0 Å². The van der Waals surface area contributed by atoms with Crippen molar-refractivity contribution in [3.05, 3.63) is 70.2 Å². The Morgan fingerprint density at radius 2 is 1.78 bits per heavy atom. The normalized spacial score (nSPS) is 10.7. The van der Waals surface area contributed by atoms with Crippen LogP contribution < -0.4 is 0 Å². The zero-order valence-electron chi connectivity index (χ0n) is 9.51. The lowest BCUT2D eigenvalue weighted by atomic mass is 10.1.